The van der Waals surface area contributed by atoms with E-state index < -0.39 is 23.1 Å². The first kappa shape index (κ1) is 15.9. The molecule has 2 rings (SSSR count). The van der Waals surface area contributed by atoms with Crippen molar-refractivity contribution in [1.82, 2.24) is 5.32 Å². The summed E-state index contributed by atoms with van der Waals surface area (Å²) >= 11 is 6.43. The highest BCUT2D eigenvalue weighted by Gasteiger charge is 2.28. The zero-order valence-electron chi connectivity index (χ0n) is 10.8. The van der Waals surface area contributed by atoms with Crippen LogP contribution in [0.4, 0.5) is 8.78 Å². The van der Waals surface area contributed by atoms with Crippen LogP contribution in [-0.2, 0) is 0 Å². The third-order valence-corrected chi connectivity index (χ3v) is 4.95. The molecule has 20 heavy (non-hydrogen) atoms. The molecule has 1 aromatic carbocycles. The summed E-state index contributed by atoms with van der Waals surface area (Å²) in [6.07, 6.45) is 4.02. The topological polar surface area (TPSA) is 29.1 Å². The van der Waals surface area contributed by atoms with Crippen molar-refractivity contribution in [3.8, 4) is 0 Å². The highest BCUT2D eigenvalue weighted by Crippen LogP contribution is 2.27. The fourth-order valence-corrected chi connectivity index (χ4v) is 3.76. The smallest absolute Gasteiger partial charge is 0.257 e. The predicted octanol–water partition coefficient (Wildman–Crippen LogP) is 4.41. The maximum Gasteiger partial charge on any atom is 0.257 e. The number of rotatable bonds is 3. The lowest BCUT2D eigenvalue weighted by atomic mass is 9.86. The van der Waals surface area contributed by atoms with Gasteiger partial charge in [-0.15, -0.1) is 0 Å². The zero-order chi connectivity index (χ0) is 14.7. The van der Waals surface area contributed by atoms with Crippen LogP contribution in [0.5, 0.6) is 0 Å². The van der Waals surface area contributed by atoms with E-state index in [-0.39, 0.29) is 10.5 Å². The molecule has 110 valence electrons. The van der Waals surface area contributed by atoms with Gasteiger partial charge in [-0.3, -0.25) is 4.79 Å². The van der Waals surface area contributed by atoms with Gasteiger partial charge in [-0.1, -0.05) is 44.7 Å². The Balaban J connectivity index is 2.16. The molecule has 0 spiro atoms. The van der Waals surface area contributed by atoms with Gasteiger partial charge in [-0.2, -0.15) is 0 Å². The molecular weight excluding hydrogens is 396 g/mol. The van der Waals surface area contributed by atoms with Gasteiger partial charge in [0.05, 0.1) is 0 Å². The number of hydrogen-bond donors (Lipinski definition) is 1. The van der Waals surface area contributed by atoms with Crippen LogP contribution in [0.25, 0.3) is 0 Å². The van der Waals surface area contributed by atoms with Gasteiger partial charge in [0, 0.05) is 15.8 Å². The lowest BCUT2D eigenvalue weighted by molar-refractivity contribution is 0.0903. The molecule has 0 aromatic heterocycles. The summed E-state index contributed by atoms with van der Waals surface area (Å²) in [5, 5.41) is 3.55. The van der Waals surface area contributed by atoms with Crippen LogP contribution in [0.3, 0.4) is 0 Å². The van der Waals surface area contributed by atoms with Gasteiger partial charge in [0.25, 0.3) is 5.91 Å². The fourth-order valence-electron chi connectivity index (χ4n) is 2.58. The molecule has 1 aromatic rings. The average Bonchev–Trinajstić information content (AvgIpc) is 2.38. The summed E-state index contributed by atoms with van der Waals surface area (Å²) < 4.78 is 27.8. The minimum atomic E-state index is -0.847. The number of nitrogens with one attached hydrogen (secondary N) is 1. The molecule has 1 aliphatic rings. The van der Waals surface area contributed by atoms with Gasteiger partial charge in [-0.05, 0) is 30.9 Å². The number of carbonyl (C=O) groups is 1. The largest absolute Gasteiger partial charge is 0.349 e. The molecule has 2 nitrogen and oxygen atoms in total. The van der Waals surface area contributed by atoms with E-state index in [4.69, 9.17) is 0 Å². The van der Waals surface area contributed by atoms with Crippen molar-refractivity contribution in [3.05, 3.63) is 33.8 Å². The first-order valence-electron chi connectivity index (χ1n) is 6.54. The molecule has 0 radical (unpaired) electrons. The van der Waals surface area contributed by atoms with E-state index in [9.17, 15) is 13.6 Å². The molecule has 2 unspecified atom stereocenters. The molecule has 1 amide bonds. The van der Waals surface area contributed by atoms with Crippen molar-refractivity contribution in [2.24, 2.45) is 5.92 Å². The summed E-state index contributed by atoms with van der Waals surface area (Å²) in [5.74, 6) is -2.05. The second kappa shape index (κ2) is 6.98. The summed E-state index contributed by atoms with van der Waals surface area (Å²) in [6, 6.07) is 2.17. The van der Waals surface area contributed by atoms with Crippen LogP contribution in [0.1, 0.15) is 36.0 Å². The maximum atomic E-state index is 13.8. The van der Waals surface area contributed by atoms with Crippen LogP contribution in [-0.4, -0.2) is 17.3 Å². The Kier molecular flexibility index (Phi) is 5.55. The van der Waals surface area contributed by atoms with Gasteiger partial charge >= 0.3 is 0 Å². The molecule has 6 heteroatoms. The van der Waals surface area contributed by atoms with Crippen molar-refractivity contribution in [1.29, 1.82) is 0 Å². The van der Waals surface area contributed by atoms with E-state index in [0.29, 0.717) is 5.92 Å². The minimum absolute atomic E-state index is 0.0296. The second-order valence-electron chi connectivity index (χ2n) is 5.02. The van der Waals surface area contributed by atoms with Gasteiger partial charge in [0.2, 0.25) is 0 Å². The Bertz CT molecular complexity index is 487. The third kappa shape index (κ3) is 3.58. The van der Waals surface area contributed by atoms with Gasteiger partial charge in [0.1, 0.15) is 17.2 Å². The molecule has 2 atom stereocenters. The molecule has 1 fully saturated rings. The van der Waals surface area contributed by atoms with Crippen molar-refractivity contribution in [2.75, 3.05) is 5.33 Å². The van der Waals surface area contributed by atoms with E-state index in [1.54, 1.807) is 0 Å². The Morgan fingerprint density at radius 1 is 1.25 bits per heavy atom. The Morgan fingerprint density at radius 3 is 2.45 bits per heavy atom. The molecule has 1 aliphatic carbocycles. The van der Waals surface area contributed by atoms with E-state index in [2.05, 4.69) is 37.2 Å². The van der Waals surface area contributed by atoms with Crippen LogP contribution >= 0.6 is 31.9 Å². The first-order valence-corrected chi connectivity index (χ1v) is 8.45. The lowest BCUT2D eigenvalue weighted by Gasteiger charge is -2.31. The SMILES string of the molecule is O=C(NC1CCCCC1CBr)c1c(F)cc(Br)cc1F. The van der Waals surface area contributed by atoms with E-state index >= 15 is 0 Å². The first-order chi connectivity index (χ1) is 9.52. The number of amides is 1. The van der Waals surface area contributed by atoms with Crippen LogP contribution in [0.2, 0.25) is 0 Å². The summed E-state index contributed by atoms with van der Waals surface area (Å²) in [5.41, 5.74) is -0.507. The number of carbonyl (C=O) groups excluding carboxylic acids is 1. The number of benzene rings is 1. The Labute approximate surface area is 133 Å². The molecule has 0 heterocycles. The molecule has 0 bridgehead atoms. The van der Waals surface area contributed by atoms with Gasteiger partial charge < -0.3 is 5.32 Å². The Morgan fingerprint density at radius 2 is 1.85 bits per heavy atom. The van der Waals surface area contributed by atoms with Crippen molar-refractivity contribution in [2.45, 2.75) is 31.7 Å². The Hall–Kier alpha value is -0.490. The fraction of sp³-hybridized carbons (Fsp3) is 0.500. The van der Waals surface area contributed by atoms with Crippen molar-refractivity contribution >= 4 is 37.8 Å². The predicted molar refractivity (Wildman–Crippen MR) is 81.1 cm³/mol. The third-order valence-electron chi connectivity index (χ3n) is 3.66. The number of hydrogen-bond acceptors (Lipinski definition) is 1. The molecule has 1 saturated carbocycles. The maximum absolute atomic E-state index is 13.8. The van der Waals surface area contributed by atoms with Crippen LogP contribution in [0, 0.1) is 17.6 Å². The lowest BCUT2D eigenvalue weighted by Crippen LogP contribution is -2.43. The quantitative estimate of drug-likeness (QED) is 0.734. The van der Waals surface area contributed by atoms with Gasteiger partial charge in [0.15, 0.2) is 0 Å². The number of alkyl halides is 1. The van der Waals surface area contributed by atoms with E-state index in [1.807, 2.05) is 0 Å². The van der Waals surface area contributed by atoms with Crippen molar-refractivity contribution in [3.63, 3.8) is 0 Å². The summed E-state index contributed by atoms with van der Waals surface area (Å²) in [4.78, 5) is 12.1. The van der Waals surface area contributed by atoms with Gasteiger partial charge in [-0.25, -0.2) is 8.78 Å². The monoisotopic (exact) mass is 409 g/mol. The number of halogens is 4. The summed E-state index contributed by atoms with van der Waals surface area (Å²) in [6.45, 7) is 0. The van der Waals surface area contributed by atoms with E-state index in [0.717, 1.165) is 43.1 Å². The summed E-state index contributed by atoms with van der Waals surface area (Å²) in [7, 11) is 0. The molecular formula is C14H15Br2F2NO. The second-order valence-corrected chi connectivity index (χ2v) is 6.59. The van der Waals surface area contributed by atoms with Crippen molar-refractivity contribution < 1.29 is 13.6 Å². The van der Waals surface area contributed by atoms with Crippen LogP contribution < -0.4 is 5.32 Å². The highest BCUT2D eigenvalue weighted by molar-refractivity contribution is 9.10. The molecule has 0 saturated heterocycles. The highest BCUT2D eigenvalue weighted by atomic mass is 79.9. The average molecular weight is 411 g/mol. The zero-order valence-corrected chi connectivity index (χ0v) is 13.9. The van der Waals surface area contributed by atoms with E-state index in [1.165, 1.54) is 0 Å². The normalized spacial score (nSPS) is 22.6. The molecule has 0 aliphatic heterocycles. The standard InChI is InChI=1S/C14H15Br2F2NO/c15-7-8-3-1-2-4-12(8)19-14(20)13-10(17)5-9(16)6-11(13)18/h5-6,8,12H,1-4,7H2,(H,19,20). The minimum Gasteiger partial charge on any atom is -0.349 e. The molecule has 1 N–H and O–H groups in total. The van der Waals surface area contributed by atoms with Crippen LogP contribution in [0.15, 0.2) is 16.6 Å².